The van der Waals surface area contributed by atoms with E-state index < -0.39 is 0 Å². The summed E-state index contributed by atoms with van der Waals surface area (Å²) in [5.74, 6) is 0.990. The number of hydrogen-bond acceptors (Lipinski definition) is 2. The van der Waals surface area contributed by atoms with Crippen molar-refractivity contribution < 1.29 is 9.53 Å². The highest BCUT2D eigenvalue weighted by Crippen LogP contribution is 2.35. The van der Waals surface area contributed by atoms with Crippen LogP contribution in [0.5, 0.6) is 5.75 Å². The molecule has 0 saturated carbocycles. The van der Waals surface area contributed by atoms with Crippen molar-refractivity contribution in [1.29, 1.82) is 0 Å². The number of ketones is 1. The molecule has 1 aliphatic rings. The van der Waals surface area contributed by atoms with Crippen LogP contribution in [0.25, 0.3) is 6.08 Å². The monoisotopic (exact) mass is 270 g/mol. The normalized spacial score (nSPS) is 15.2. The fourth-order valence-electron chi connectivity index (χ4n) is 2.22. The van der Waals surface area contributed by atoms with E-state index >= 15 is 0 Å². The Morgan fingerprint density at radius 2 is 1.95 bits per heavy atom. The molecule has 0 N–H and O–H groups in total. The van der Waals surface area contributed by atoms with Crippen molar-refractivity contribution in [3.8, 4) is 5.75 Å². The maximum Gasteiger partial charge on any atom is 0.159 e. The van der Waals surface area contributed by atoms with Crippen molar-refractivity contribution in [2.75, 3.05) is 0 Å². The number of allylic oxidation sites excluding steroid dienone is 2. The van der Waals surface area contributed by atoms with Gasteiger partial charge in [-0.15, -0.1) is 0 Å². The molecule has 0 radical (unpaired) electrons. The van der Waals surface area contributed by atoms with Crippen molar-refractivity contribution in [3.05, 3.63) is 46.5 Å². The van der Waals surface area contributed by atoms with Gasteiger partial charge in [-0.1, -0.05) is 17.7 Å². The molecular formula is C18H22O2. The molecule has 1 aliphatic heterocycles. The molecule has 2 heteroatoms. The van der Waals surface area contributed by atoms with E-state index in [4.69, 9.17) is 4.74 Å². The van der Waals surface area contributed by atoms with Crippen molar-refractivity contribution in [1.82, 2.24) is 0 Å². The Morgan fingerprint density at radius 1 is 1.25 bits per heavy atom. The number of rotatable bonds is 3. The van der Waals surface area contributed by atoms with Gasteiger partial charge in [-0.3, -0.25) is 4.79 Å². The molecule has 0 aromatic heterocycles. The molecule has 0 atom stereocenters. The number of ether oxygens (including phenoxy) is 1. The lowest BCUT2D eigenvalue weighted by Crippen LogP contribution is -2.28. The van der Waals surface area contributed by atoms with Crippen LogP contribution < -0.4 is 4.74 Å². The van der Waals surface area contributed by atoms with Crippen molar-refractivity contribution in [3.63, 3.8) is 0 Å². The highest BCUT2D eigenvalue weighted by Gasteiger charge is 2.24. The number of hydrogen-bond donors (Lipinski definition) is 0. The van der Waals surface area contributed by atoms with Gasteiger partial charge in [-0.05, 0) is 64.8 Å². The Kier molecular flexibility index (Phi) is 3.85. The summed E-state index contributed by atoms with van der Waals surface area (Å²) in [7, 11) is 0. The fraction of sp³-hybridized carbons (Fsp3) is 0.389. The van der Waals surface area contributed by atoms with Crippen molar-refractivity contribution in [2.45, 2.75) is 46.6 Å². The summed E-state index contributed by atoms with van der Waals surface area (Å²) >= 11 is 0. The standard InChI is InChI=1S/C18H22O2/c1-12(2)6-7-14-10-16(13(3)19)11-15-8-9-18(4,5)20-17(14)15/h6,8-11H,7H2,1-5H3. The van der Waals surface area contributed by atoms with E-state index in [1.807, 2.05) is 32.1 Å². The number of carbonyl (C=O) groups is 1. The number of fused-ring (bicyclic) bond motifs is 1. The summed E-state index contributed by atoms with van der Waals surface area (Å²) in [5.41, 5.74) is 3.77. The Labute approximate surface area is 121 Å². The van der Waals surface area contributed by atoms with Gasteiger partial charge in [-0.2, -0.15) is 0 Å². The van der Waals surface area contributed by atoms with Gasteiger partial charge in [0.1, 0.15) is 11.4 Å². The quantitative estimate of drug-likeness (QED) is 0.593. The second-order valence-electron chi connectivity index (χ2n) is 6.13. The minimum atomic E-state index is -0.301. The molecule has 1 aromatic carbocycles. The van der Waals surface area contributed by atoms with Crippen LogP contribution in [0.1, 0.15) is 56.1 Å². The van der Waals surface area contributed by atoms with Gasteiger partial charge in [0, 0.05) is 11.1 Å². The highest BCUT2D eigenvalue weighted by molar-refractivity contribution is 5.95. The van der Waals surface area contributed by atoms with Crippen LogP contribution in [0.15, 0.2) is 29.9 Å². The van der Waals surface area contributed by atoms with E-state index in [-0.39, 0.29) is 11.4 Å². The predicted molar refractivity (Wildman–Crippen MR) is 83.3 cm³/mol. The van der Waals surface area contributed by atoms with Gasteiger partial charge in [0.25, 0.3) is 0 Å². The van der Waals surface area contributed by atoms with Crippen LogP contribution in [0.3, 0.4) is 0 Å². The molecular weight excluding hydrogens is 248 g/mol. The first-order chi connectivity index (χ1) is 9.28. The molecule has 0 fully saturated rings. The lowest BCUT2D eigenvalue weighted by molar-refractivity contribution is 0.101. The molecule has 20 heavy (non-hydrogen) atoms. The predicted octanol–water partition coefficient (Wildman–Crippen LogP) is 4.58. The SMILES string of the molecule is CC(=O)c1cc2c(c(CC=C(C)C)c1)OC(C)(C)C=C2. The lowest BCUT2D eigenvalue weighted by atomic mass is 9.95. The molecule has 1 aromatic rings. The first-order valence-corrected chi connectivity index (χ1v) is 6.98. The minimum absolute atomic E-state index is 0.0875. The first-order valence-electron chi connectivity index (χ1n) is 6.98. The summed E-state index contributed by atoms with van der Waals surface area (Å²) in [5, 5.41) is 0. The molecule has 0 bridgehead atoms. The topological polar surface area (TPSA) is 26.3 Å². The van der Waals surface area contributed by atoms with Gasteiger partial charge in [0.05, 0.1) is 0 Å². The van der Waals surface area contributed by atoms with Crippen LogP contribution in [-0.4, -0.2) is 11.4 Å². The third-order valence-corrected chi connectivity index (χ3v) is 3.36. The average molecular weight is 270 g/mol. The minimum Gasteiger partial charge on any atom is -0.483 e. The molecule has 1 heterocycles. The van der Waals surface area contributed by atoms with E-state index in [2.05, 4.69) is 26.0 Å². The van der Waals surface area contributed by atoms with E-state index in [1.54, 1.807) is 6.92 Å². The average Bonchev–Trinajstić information content (AvgIpc) is 2.34. The lowest BCUT2D eigenvalue weighted by Gasteiger charge is -2.29. The third-order valence-electron chi connectivity index (χ3n) is 3.36. The molecule has 0 unspecified atom stereocenters. The maximum absolute atomic E-state index is 11.7. The van der Waals surface area contributed by atoms with Crippen molar-refractivity contribution in [2.24, 2.45) is 0 Å². The molecule has 0 spiro atoms. The second-order valence-corrected chi connectivity index (χ2v) is 6.13. The highest BCUT2D eigenvalue weighted by atomic mass is 16.5. The Morgan fingerprint density at radius 3 is 2.55 bits per heavy atom. The Balaban J connectivity index is 2.53. The zero-order valence-corrected chi connectivity index (χ0v) is 12.9. The molecule has 2 rings (SSSR count). The maximum atomic E-state index is 11.7. The van der Waals surface area contributed by atoms with Crippen LogP contribution in [-0.2, 0) is 6.42 Å². The summed E-state index contributed by atoms with van der Waals surface area (Å²) in [6, 6.07) is 3.87. The number of benzene rings is 1. The fourth-order valence-corrected chi connectivity index (χ4v) is 2.22. The summed E-state index contributed by atoms with van der Waals surface area (Å²) in [6.07, 6.45) is 7.03. The zero-order chi connectivity index (χ0) is 14.9. The smallest absolute Gasteiger partial charge is 0.159 e. The van der Waals surface area contributed by atoms with Crippen molar-refractivity contribution >= 4 is 11.9 Å². The second kappa shape index (κ2) is 5.28. The first kappa shape index (κ1) is 14.6. The van der Waals surface area contributed by atoms with Crippen LogP contribution in [0.2, 0.25) is 0 Å². The number of carbonyl (C=O) groups excluding carboxylic acids is 1. The van der Waals surface area contributed by atoms with Gasteiger partial charge in [-0.25, -0.2) is 0 Å². The molecule has 2 nitrogen and oxygen atoms in total. The van der Waals surface area contributed by atoms with E-state index in [9.17, 15) is 4.79 Å². The van der Waals surface area contributed by atoms with Gasteiger partial charge < -0.3 is 4.74 Å². The van der Waals surface area contributed by atoms with Crippen LogP contribution >= 0.6 is 0 Å². The van der Waals surface area contributed by atoms with Crippen LogP contribution in [0, 0.1) is 0 Å². The molecule has 106 valence electrons. The van der Waals surface area contributed by atoms with Gasteiger partial charge >= 0.3 is 0 Å². The van der Waals surface area contributed by atoms with Gasteiger partial charge in [0.2, 0.25) is 0 Å². The third kappa shape index (κ3) is 3.19. The van der Waals surface area contributed by atoms with Crippen LogP contribution in [0.4, 0.5) is 0 Å². The molecule has 0 aliphatic carbocycles. The van der Waals surface area contributed by atoms with E-state index in [0.29, 0.717) is 0 Å². The molecule has 0 amide bonds. The van der Waals surface area contributed by atoms with E-state index in [1.165, 1.54) is 5.57 Å². The summed E-state index contributed by atoms with van der Waals surface area (Å²) in [4.78, 5) is 11.7. The number of Topliss-reactive ketones (excluding diaryl/α,β-unsaturated/α-hetero) is 1. The van der Waals surface area contributed by atoms with Gasteiger partial charge in [0.15, 0.2) is 5.78 Å². The summed E-state index contributed by atoms with van der Waals surface area (Å²) < 4.78 is 6.09. The summed E-state index contributed by atoms with van der Waals surface area (Å²) in [6.45, 7) is 9.83. The van der Waals surface area contributed by atoms with E-state index in [0.717, 1.165) is 28.9 Å². The Bertz CT molecular complexity index is 600. The molecule has 0 saturated heterocycles. The zero-order valence-electron chi connectivity index (χ0n) is 12.9. The largest absolute Gasteiger partial charge is 0.483 e. The Hall–Kier alpha value is -1.83.